The molecule has 0 aromatic heterocycles. The second-order valence-corrected chi connectivity index (χ2v) is 4.69. The van der Waals surface area contributed by atoms with Crippen LogP contribution in [0.2, 0.25) is 0 Å². The first-order chi connectivity index (χ1) is 8.92. The van der Waals surface area contributed by atoms with Crippen LogP contribution in [0.25, 0.3) is 0 Å². The molecule has 0 aliphatic carbocycles. The number of hydrogen-bond donors (Lipinski definition) is 0. The average Bonchev–Trinajstić information content (AvgIpc) is 2.39. The van der Waals surface area contributed by atoms with Crippen LogP contribution in [0.5, 0.6) is 0 Å². The van der Waals surface area contributed by atoms with E-state index in [1.807, 2.05) is 18.7 Å². The second-order valence-electron chi connectivity index (χ2n) is 4.69. The predicted octanol–water partition coefficient (Wildman–Crippen LogP) is 0.365. The third kappa shape index (κ3) is 7.79. The number of amides is 1. The van der Waals surface area contributed by atoms with Crippen molar-refractivity contribution in [2.45, 2.75) is 26.3 Å². The summed E-state index contributed by atoms with van der Waals surface area (Å²) in [5.74, 6) is -0.233. The Morgan fingerprint density at radius 1 is 1.16 bits per heavy atom. The van der Waals surface area contributed by atoms with Crippen molar-refractivity contribution in [2.24, 2.45) is 0 Å². The fourth-order valence-electron chi connectivity index (χ4n) is 1.43. The number of carbonyl (C=O) groups is 2. The molecule has 1 amide bonds. The van der Waals surface area contributed by atoms with Crippen LogP contribution in [-0.2, 0) is 19.1 Å². The second kappa shape index (κ2) is 9.75. The SMILES string of the molecule is COCCN(CCC(=O)OC)CC(=O)N(C)C(C)C. The maximum atomic E-state index is 12.0. The molecule has 6 heteroatoms. The van der Waals surface area contributed by atoms with Crippen molar-refractivity contribution < 1.29 is 19.1 Å². The minimum Gasteiger partial charge on any atom is -0.469 e. The molecule has 0 heterocycles. The summed E-state index contributed by atoms with van der Waals surface area (Å²) >= 11 is 0. The minimum absolute atomic E-state index is 0.0379. The number of nitrogens with zero attached hydrogens (tertiary/aromatic N) is 2. The summed E-state index contributed by atoms with van der Waals surface area (Å²) in [4.78, 5) is 26.7. The van der Waals surface area contributed by atoms with Crippen molar-refractivity contribution in [1.29, 1.82) is 0 Å². The molecule has 0 fully saturated rings. The molecule has 0 N–H and O–H groups in total. The Balaban J connectivity index is 4.32. The van der Waals surface area contributed by atoms with Gasteiger partial charge in [-0.3, -0.25) is 14.5 Å². The molecule has 0 rings (SSSR count). The van der Waals surface area contributed by atoms with Gasteiger partial charge in [-0.05, 0) is 13.8 Å². The Bertz CT molecular complexity index is 282. The van der Waals surface area contributed by atoms with Gasteiger partial charge in [0.25, 0.3) is 0 Å². The first-order valence-corrected chi connectivity index (χ1v) is 6.46. The van der Waals surface area contributed by atoms with Gasteiger partial charge >= 0.3 is 5.97 Å². The van der Waals surface area contributed by atoms with Crippen LogP contribution in [-0.4, -0.2) is 75.2 Å². The number of methoxy groups -OCH3 is 2. The van der Waals surface area contributed by atoms with Gasteiger partial charge in [0, 0.05) is 33.3 Å². The molecule has 0 spiro atoms. The van der Waals surface area contributed by atoms with Gasteiger partial charge < -0.3 is 14.4 Å². The molecule has 0 saturated heterocycles. The molecule has 19 heavy (non-hydrogen) atoms. The van der Waals surface area contributed by atoms with E-state index in [4.69, 9.17) is 4.74 Å². The number of ether oxygens (including phenoxy) is 2. The topological polar surface area (TPSA) is 59.1 Å². The zero-order chi connectivity index (χ0) is 14.8. The Labute approximate surface area is 115 Å². The van der Waals surface area contributed by atoms with E-state index in [1.165, 1.54) is 7.11 Å². The molecular weight excluding hydrogens is 248 g/mol. The van der Waals surface area contributed by atoms with Crippen LogP contribution in [0.1, 0.15) is 20.3 Å². The third-order valence-electron chi connectivity index (χ3n) is 3.00. The van der Waals surface area contributed by atoms with E-state index in [-0.39, 0.29) is 30.9 Å². The Hall–Kier alpha value is -1.14. The summed E-state index contributed by atoms with van der Waals surface area (Å²) in [5, 5.41) is 0. The summed E-state index contributed by atoms with van der Waals surface area (Å²) in [6.45, 7) is 5.85. The maximum absolute atomic E-state index is 12.0. The Morgan fingerprint density at radius 3 is 2.26 bits per heavy atom. The molecule has 0 aromatic rings. The van der Waals surface area contributed by atoms with Crippen LogP contribution in [0.3, 0.4) is 0 Å². The number of likely N-dealkylation sites (N-methyl/N-ethyl adjacent to an activating group) is 1. The van der Waals surface area contributed by atoms with E-state index < -0.39 is 0 Å². The summed E-state index contributed by atoms with van der Waals surface area (Å²) in [5.41, 5.74) is 0. The lowest BCUT2D eigenvalue weighted by molar-refractivity contribution is -0.141. The van der Waals surface area contributed by atoms with Crippen LogP contribution in [0.15, 0.2) is 0 Å². The molecule has 0 aromatic carbocycles. The first-order valence-electron chi connectivity index (χ1n) is 6.46. The molecular formula is C13H26N2O4. The predicted molar refractivity (Wildman–Crippen MR) is 72.9 cm³/mol. The molecule has 0 radical (unpaired) electrons. The van der Waals surface area contributed by atoms with Crippen molar-refractivity contribution in [3.05, 3.63) is 0 Å². The average molecular weight is 274 g/mol. The first kappa shape index (κ1) is 17.9. The number of esters is 1. The number of rotatable bonds is 9. The van der Waals surface area contributed by atoms with E-state index >= 15 is 0 Å². The van der Waals surface area contributed by atoms with Gasteiger partial charge in [-0.2, -0.15) is 0 Å². The lowest BCUT2D eigenvalue weighted by Crippen LogP contribution is -2.43. The lowest BCUT2D eigenvalue weighted by Gasteiger charge is -2.26. The highest BCUT2D eigenvalue weighted by atomic mass is 16.5. The molecule has 112 valence electrons. The molecule has 0 saturated carbocycles. The van der Waals surface area contributed by atoms with Gasteiger partial charge in [0.15, 0.2) is 0 Å². The van der Waals surface area contributed by atoms with Gasteiger partial charge in [0.1, 0.15) is 0 Å². The summed E-state index contributed by atoms with van der Waals surface area (Å²) in [7, 11) is 4.75. The van der Waals surface area contributed by atoms with Crippen LogP contribution in [0.4, 0.5) is 0 Å². The normalized spacial score (nSPS) is 10.9. The van der Waals surface area contributed by atoms with Crippen molar-refractivity contribution in [1.82, 2.24) is 9.80 Å². The van der Waals surface area contributed by atoms with E-state index in [0.717, 1.165) is 0 Å². The molecule has 0 bridgehead atoms. The zero-order valence-corrected chi connectivity index (χ0v) is 12.6. The highest BCUT2D eigenvalue weighted by molar-refractivity contribution is 5.78. The largest absolute Gasteiger partial charge is 0.469 e. The van der Waals surface area contributed by atoms with Gasteiger partial charge in [-0.25, -0.2) is 0 Å². The molecule has 6 nitrogen and oxygen atoms in total. The Kier molecular flexibility index (Phi) is 9.16. The zero-order valence-electron chi connectivity index (χ0n) is 12.6. The molecule has 0 aliphatic rings. The van der Waals surface area contributed by atoms with Gasteiger partial charge in [-0.1, -0.05) is 0 Å². The van der Waals surface area contributed by atoms with Crippen molar-refractivity contribution in [3.8, 4) is 0 Å². The van der Waals surface area contributed by atoms with Gasteiger partial charge in [-0.15, -0.1) is 0 Å². The van der Waals surface area contributed by atoms with E-state index in [1.54, 1.807) is 19.1 Å². The minimum atomic E-state index is -0.271. The highest BCUT2D eigenvalue weighted by Gasteiger charge is 2.17. The maximum Gasteiger partial charge on any atom is 0.306 e. The summed E-state index contributed by atoms with van der Waals surface area (Å²) < 4.78 is 9.62. The molecule has 0 atom stereocenters. The molecule has 0 aliphatic heterocycles. The third-order valence-corrected chi connectivity index (χ3v) is 3.00. The number of hydrogen-bond acceptors (Lipinski definition) is 5. The van der Waals surface area contributed by atoms with Crippen LogP contribution in [0, 0.1) is 0 Å². The van der Waals surface area contributed by atoms with Crippen molar-refractivity contribution >= 4 is 11.9 Å². The lowest BCUT2D eigenvalue weighted by atomic mass is 10.3. The number of carbonyl (C=O) groups excluding carboxylic acids is 2. The van der Waals surface area contributed by atoms with Crippen molar-refractivity contribution in [3.63, 3.8) is 0 Å². The monoisotopic (exact) mass is 274 g/mol. The quantitative estimate of drug-likeness (QED) is 0.568. The van der Waals surface area contributed by atoms with Crippen molar-refractivity contribution in [2.75, 3.05) is 47.5 Å². The highest BCUT2D eigenvalue weighted by Crippen LogP contribution is 1.99. The van der Waals surface area contributed by atoms with E-state index in [0.29, 0.717) is 19.7 Å². The Morgan fingerprint density at radius 2 is 1.79 bits per heavy atom. The fraction of sp³-hybridized carbons (Fsp3) is 0.846. The van der Waals surface area contributed by atoms with Gasteiger partial charge in [0.2, 0.25) is 5.91 Å². The smallest absolute Gasteiger partial charge is 0.306 e. The van der Waals surface area contributed by atoms with Crippen LogP contribution < -0.4 is 0 Å². The van der Waals surface area contributed by atoms with Gasteiger partial charge in [0.05, 0.1) is 26.7 Å². The molecule has 0 unspecified atom stereocenters. The van der Waals surface area contributed by atoms with E-state index in [2.05, 4.69) is 4.74 Å². The fourth-order valence-corrected chi connectivity index (χ4v) is 1.43. The summed E-state index contributed by atoms with van der Waals surface area (Å²) in [6, 6.07) is 0.164. The standard InChI is InChI=1S/C13H26N2O4/c1-11(2)14(3)12(16)10-15(8-9-18-4)7-6-13(17)19-5/h11H,6-10H2,1-5H3. The summed E-state index contributed by atoms with van der Waals surface area (Å²) in [6.07, 6.45) is 0.277. The van der Waals surface area contributed by atoms with E-state index in [9.17, 15) is 9.59 Å². The van der Waals surface area contributed by atoms with Crippen LogP contribution >= 0.6 is 0 Å².